The number of unbranched alkanes of at least 4 members (excludes halogenated alkanes) is 2. The molecule has 94 heavy (non-hydrogen) atoms. The van der Waals surface area contributed by atoms with E-state index in [2.05, 4.69) is 77.8 Å². The summed E-state index contributed by atoms with van der Waals surface area (Å²) in [5.41, 5.74) is 20.2. The van der Waals surface area contributed by atoms with E-state index in [0.29, 0.717) is 59.1 Å². The smallest absolute Gasteiger partial charge is 0.305 e. The zero-order valence-electron chi connectivity index (χ0n) is 51.6. The molecule has 0 spiro atoms. The van der Waals surface area contributed by atoms with Crippen LogP contribution in [-0.4, -0.2) is 191 Å². The maximum Gasteiger partial charge on any atom is 0.305 e. The van der Waals surface area contributed by atoms with E-state index in [1.54, 1.807) is 42.7 Å². The number of aromatic nitrogens is 6. The number of hydrogen-bond donors (Lipinski definition) is 17. The number of carboxylic acids is 1. The molecule has 2 aromatic carbocycles. The highest BCUT2D eigenvalue weighted by molar-refractivity contribution is 6.00. The van der Waals surface area contributed by atoms with E-state index >= 15 is 0 Å². The van der Waals surface area contributed by atoms with Gasteiger partial charge in [0.05, 0.1) is 25.6 Å². The molecule has 8 rings (SSSR count). The number of likely N-dealkylation sites (tertiary alicyclic amines) is 1. The molecule has 4 aromatic heterocycles. The second kappa shape index (κ2) is 33.7. The molecule has 0 saturated carbocycles. The predicted molar refractivity (Wildman–Crippen MR) is 338 cm³/mol. The number of nitrogens with one attached hydrogen (secondary N) is 13. The van der Waals surface area contributed by atoms with E-state index in [0.717, 1.165) is 10.9 Å². The fraction of sp³-hybridized carbons (Fsp3) is 0.452. The number of carbonyl (C=O) groups excluding carboxylic acids is 11. The highest BCUT2D eigenvalue weighted by atomic mass is 16.4. The number of aromatic amines is 4. The van der Waals surface area contributed by atoms with Gasteiger partial charge < -0.3 is 95.0 Å². The number of rotatable bonds is 36. The molecule has 20 N–H and O–H groups in total. The molecule has 2 aliphatic heterocycles. The predicted octanol–water partition coefficient (Wildman–Crippen LogP) is -2.64. The maximum atomic E-state index is 14.9. The number of aliphatic carboxylic acids is 1. The molecule has 6 heterocycles. The van der Waals surface area contributed by atoms with E-state index < -0.39 is 132 Å². The van der Waals surface area contributed by atoms with Crippen molar-refractivity contribution in [1.29, 1.82) is 0 Å². The number of benzene rings is 2. The SMILES string of the molecule is NCCCC[C@H](NC(=O)[C@H](Cc1c[nH]c2ccccc12)NC(=O)[C@H](Cc1cnc[nH]1)NC(=O)[C@@H]1CCC(=O)N1)C(=O)N[C@@H](Cc1cnc[nH]1)C(=O)N[C@@H](CC(=O)O)C(=O)N[C@@H](Cc1c[nH]c2ccccc12)C(=O)N[C@@H](CCCCN)C(=O)N1CCC[C@H]1C(=O)NCC(N)=O. The molecule has 0 aliphatic carbocycles. The number of hydrogen-bond acceptors (Lipinski definition) is 16. The topological polar surface area (TPSA) is 504 Å². The van der Waals surface area contributed by atoms with Gasteiger partial charge in [-0.1, -0.05) is 36.4 Å². The zero-order chi connectivity index (χ0) is 67.3. The van der Waals surface area contributed by atoms with Crippen molar-refractivity contribution in [2.24, 2.45) is 17.2 Å². The molecule has 2 aliphatic rings. The van der Waals surface area contributed by atoms with Crippen molar-refractivity contribution in [3.8, 4) is 0 Å². The van der Waals surface area contributed by atoms with Crippen LogP contribution in [0.4, 0.5) is 0 Å². The van der Waals surface area contributed by atoms with Crippen molar-refractivity contribution in [3.05, 3.63) is 108 Å². The van der Waals surface area contributed by atoms with Crippen LogP contribution in [0.25, 0.3) is 21.8 Å². The Morgan fingerprint density at radius 1 is 0.564 bits per heavy atom. The fourth-order valence-corrected chi connectivity index (χ4v) is 11.5. The first-order valence-corrected chi connectivity index (χ1v) is 31.2. The number of primary amides is 1. The summed E-state index contributed by atoms with van der Waals surface area (Å²) < 4.78 is 0. The zero-order valence-corrected chi connectivity index (χ0v) is 51.6. The Morgan fingerprint density at radius 3 is 1.52 bits per heavy atom. The molecule has 502 valence electrons. The Balaban J connectivity index is 1.04. The third kappa shape index (κ3) is 19.3. The van der Waals surface area contributed by atoms with Gasteiger partial charge in [0.25, 0.3) is 0 Å². The molecule has 32 nitrogen and oxygen atoms in total. The second-order valence-corrected chi connectivity index (χ2v) is 23.3. The Labute approximate surface area is 538 Å². The lowest BCUT2D eigenvalue weighted by atomic mass is 10.0. The molecule has 9 atom stereocenters. The summed E-state index contributed by atoms with van der Waals surface area (Å²) in [6, 6.07) is 1.88. The number of carboxylic acid groups (broad SMARTS) is 1. The molecule has 32 heteroatoms. The molecule has 0 radical (unpaired) electrons. The average Bonchev–Trinajstić information content (AvgIpc) is 1.63. The summed E-state index contributed by atoms with van der Waals surface area (Å²) >= 11 is 0. The summed E-state index contributed by atoms with van der Waals surface area (Å²) in [5.74, 6) is -10.2. The van der Waals surface area contributed by atoms with Gasteiger partial charge >= 0.3 is 5.97 Å². The minimum Gasteiger partial charge on any atom is -0.481 e. The quantitative estimate of drug-likeness (QED) is 0.0179. The van der Waals surface area contributed by atoms with Crippen LogP contribution >= 0.6 is 0 Å². The van der Waals surface area contributed by atoms with E-state index in [4.69, 9.17) is 17.2 Å². The first-order chi connectivity index (χ1) is 45.3. The van der Waals surface area contributed by atoms with Gasteiger partial charge in [0.2, 0.25) is 65.0 Å². The van der Waals surface area contributed by atoms with Gasteiger partial charge in [-0.15, -0.1) is 0 Å². The third-order valence-electron chi connectivity index (χ3n) is 16.4. The number of nitrogens with two attached hydrogens (primary N) is 3. The highest BCUT2D eigenvalue weighted by Gasteiger charge is 2.40. The summed E-state index contributed by atoms with van der Waals surface area (Å²) in [7, 11) is 0. The Bertz CT molecular complexity index is 3650. The van der Waals surface area contributed by atoms with Gasteiger partial charge in [-0.3, -0.25) is 57.5 Å². The van der Waals surface area contributed by atoms with Crippen LogP contribution < -0.4 is 65.1 Å². The highest BCUT2D eigenvalue weighted by Crippen LogP contribution is 2.24. The molecular weight excluding hydrogens is 1220 g/mol. The molecule has 0 bridgehead atoms. The Hall–Kier alpha value is -10.5. The third-order valence-corrected chi connectivity index (χ3v) is 16.4. The largest absolute Gasteiger partial charge is 0.481 e. The number of H-pyrrole nitrogens is 4. The number of fused-ring (bicyclic) bond motifs is 2. The second-order valence-electron chi connectivity index (χ2n) is 23.3. The van der Waals surface area contributed by atoms with Crippen molar-refractivity contribution in [1.82, 2.24) is 82.7 Å². The number of carbonyl (C=O) groups is 12. The van der Waals surface area contributed by atoms with E-state index in [1.807, 2.05) is 18.2 Å². The fourth-order valence-electron chi connectivity index (χ4n) is 11.5. The first-order valence-electron chi connectivity index (χ1n) is 31.2. The van der Waals surface area contributed by atoms with Crippen LogP contribution in [-0.2, 0) is 83.2 Å². The van der Waals surface area contributed by atoms with Gasteiger partial charge in [-0.05, 0) is 94.1 Å². The van der Waals surface area contributed by atoms with Crippen LogP contribution in [0.5, 0.6) is 0 Å². The van der Waals surface area contributed by atoms with Crippen molar-refractivity contribution in [3.63, 3.8) is 0 Å². The standard InChI is InChI=1S/C62H81N19O13/c63-19-7-5-14-42(74-56(88)45(22-34-27-68-40-12-3-1-10-38(34)40)76-58(90)47(24-36-29-66-32-71-36)79-55(87)43-17-18-52(83)73-43)54(86)78-48(25-37-30-67-33-72-37)59(91)80-49(26-53(84)85)60(92)77-46(23-35-28-69-41-13-4-2-11-39(35)41)57(89)75-44(15-6-8-20-64)62(94)81-21-9-16-50(81)61(93)70-31-51(65)82/h1-4,10-13,27-30,32-33,42-50,68-69H,5-9,14-26,31,63-64H2,(H2,65,82)(H,66,71)(H,67,72)(H,70,93)(H,73,83)(H,74,88)(H,75,89)(H,76,90)(H,77,92)(H,78,86)(H,79,87)(H,80,91)(H,84,85)/t42-,43-,44-,45-,46-,47-,48-,49-,50-/m0/s1. The minimum absolute atomic E-state index is 0.0547. The van der Waals surface area contributed by atoms with Crippen molar-refractivity contribution >= 4 is 92.8 Å². The van der Waals surface area contributed by atoms with Crippen molar-refractivity contribution in [2.45, 2.75) is 151 Å². The molecular formula is C62H81N19O13. The summed E-state index contributed by atoms with van der Waals surface area (Å²) in [6.07, 6.45) is 9.41. The molecule has 6 aromatic rings. The lowest BCUT2D eigenvalue weighted by Gasteiger charge is -2.30. The van der Waals surface area contributed by atoms with E-state index in [9.17, 15) is 62.6 Å². The van der Waals surface area contributed by atoms with Gasteiger partial charge in [0.15, 0.2) is 0 Å². The van der Waals surface area contributed by atoms with E-state index in [-0.39, 0.29) is 89.7 Å². The van der Waals surface area contributed by atoms with Gasteiger partial charge in [-0.2, -0.15) is 0 Å². The van der Waals surface area contributed by atoms with Crippen LogP contribution in [0.3, 0.4) is 0 Å². The summed E-state index contributed by atoms with van der Waals surface area (Å²) in [6.45, 7) is 0.131. The number of imidazole rings is 2. The van der Waals surface area contributed by atoms with Crippen molar-refractivity contribution in [2.75, 3.05) is 26.2 Å². The monoisotopic (exact) mass is 1300 g/mol. The Kier molecular flexibility index (Phi) is 24.9. The molecule has 11 amide bonds. The number of nitrogens with zero attached hydrogens (tertiary/aromatic N) is 3. The molecule has 0 unspecified atom stereocenters. The normalized spacial score (nSPS) is 16.7. The maximum absolute atomic E-state index is 14.9. The Morgan fingerprint density at radius 2 is 1.03 bits per heavy atom. The van der Waals surface area contributed by atoms with Crippen LogP contribution in [0, 0.1) is 0 Å². The minimum atomic E-state index is -1.93. The van der Waals surface area contributed by atoms with Crippen molar-refractivity contribution < 1.29 is 62.6 Å². The number of para-hydroxylation sites is 2. The molecule has 2 fully saturated rings. The first kappa shape index (κ1) is 69.4. The van der Waals surface area contributed by atoms with Gasteiger partial charge in [0.1, 0.15) is 54.4 Å². The number of amides is 11. The lowest BCUT2D eigenvalue weighted by Crippen LogP contribution is -2.61. The summed E-state index contributed by atoms with van der Waals surface area (Å²) in [4.78, 5) is 187. The van der Waals surface area contributed by atoms with Gasteiger partial charge in [-0.25, -0.2) is 9.97 Å². The van der Waals surface area contributed by atoms with Crippen LogP contribution in [0.15, 0.2) is 86.0 Å². The van der Waals surface area contributed by atoms with E-state index in [1.165, 1.54) is 29.9 Å². The lowest BCUT2D eigenvalue weighted by molar-refractivity contribution is -0.143. The van der Waals surface area contributed by atoms with Crippen LogP contribution in [0.2, 0.25) is 0 Å². The average molecular weight is 1300 g/mol. The molecule has 2 saturated heterocycles. The summed E-state index contributed by atoms with van der Waals surface area (Å²) in [5, 5.41) is 35.5. The van der Waals surface area contributed by atoms with Crippen LogP contribution in [0.1, 0.15) is 93.1 Å². The van der Waals surface area contributed by atoms with Gasteiger partial charge in [0, 0.05) is 96.6 Å².